The Balaban J connectivity index is 2.46. The number of likely N-dealkylation sites (N-methyl/N-ethyl adjacent to an activating group) is 2. The molecule has 3 heteroatoms. The fourth-order valence-corrected chi connectivity index (χ4v) is 1.60. The topological polar surface area (TPSA) is 28.2 Å². The third kappa shape index (κ3) is 4.19. The molecule has 1 heterocycles. The van der Waals surface area contributed by atoms with E-state index in [2.05, 4.69) is 48.2 Å². The van der Waals surface area contributed by atoms with Crippen LogP contribution in [0.3, 0.4) is 0 Å². The van der Waals surface area contributed by atoms with Gasteiger partial charge in [-0.2, -0.15) is 0 Å². The summed E-state index contributed by atoms with van der Waals surface area (Å²) in [5.41, 5.74) is 2.38. The Kier molecular flexibility index (Phi) is 5.86. The summed E-state index contributed by atoms with van der Waals surface area (Å²) in [7, 11) is 2.11. The maximum absolute atomic E-state index is 4.46. The number of rotatable bonds is 7. The Morgan fingerprint density at radius 1 is 1.31 bits per heavy atom. The van der Waals surface area contributed by atoms with Gasteiger partial charge in [0.25, 0.3) is 0 Å². The predicted octanol–water partition coefficient (Wildman–Crippen LogP) is 2.08. The van der Waals surface area contributed by atoms with Gasteiger partial charge >= 0.3 is 0 Å². The van der Waals surface area contributed by atoms with Crippen molar-refractivity contribution in [2.24, 2.45) is 0 Å². The highest BCUT2D eigenvalue weighted by atomic mass is 15.1. The van der Waals surface area contributed by atoms with E-state index in [1.165, 1.54) is 11.4 Å². The molecule has 0 unspecified atom stereocenters. The summed E-state index contributed by atoms with van der Waals surface area (Å²) in [5.74, 6) is 0. The van der Waals surface area contributed by atoms with Gasteiger partial charge in [-0.15, -0.1) is 0 Å². The van der Waals surface area contributed by atoms with Gasteiger partial charge in [0.05, 0.1) is 11.9 Å². The van der Waals surface area contributed by atoms with Gasteiger partial charge in [-0.25, -0.2) is 0 Å². The smallest absolute Gasteiger partial charge is 0.0550 e. The average Bonchev–Trinajstić information content (AvgIpc) is 2.30. The van der Waals surface area contributed by atoms with Gasteiger partial charge in [-0.3, -0.25) is 4.98 Å². The molecule has 16 heavy (non-hydrogen) atoms. The summed E-state index contributed by atoms with van der Waals surface area (Å²) in [6, 6.07) is 4.28. The number of pyridine rings is 1. The van der Waals surface area contributed by atoms with Crippen LogP contribution in [0.25, 0.3) is 0 Å². The lowest BCUT2D eigenvalue weighted by Gasteiger charge is -2.19. The molecule has 0 aliphatic carbocycles. The van der Waals surface area contributed by atoms with Crippen LogP contribution in [0.1, 0.15) is 26.0 Å². The molecule has 90 valence electrons. The quantitative estimate of drug-likeness (QED) is 0.715. The summed E-state index contributed by atoms with van der Waals surface area (Å²) in [6.45, 7) is 7.37. The zero-order valence-corrected chi connectivity index (χ0v) is 10.7. The molecule has 1 aromatic rings. The molecule has 0 fully saturated rings. The Labute approximate surface area is 98.9 Å². The fourth-order valence-electron chi connectivity index (χ4n) is 1.60. The van der Waals surface area contributed by atoms with Crippen LogP contribution in [-0.4, -0.2) is 31.7 Å². The van der Waals surface area contributed by atoms with Gasteiger partial charge < -0.3 is 10.2 Å². The first-order chi connectivity index (χ1) is 7.77. The number of nitrogens with zero attached hydrogens (tertiary/aromatic N) is 2. The van der Waals surface area contributed by atoms with Crippen LogP contribution < -0.4 is 10.2 Å². The summed E-state index contributed by atoms with van der Waals surface area (Å²) in [4.78, 5) is 6.68. The normalized spacial score (nSPS) is 10.4. The van der Waals surface area contributed by atoms with Crippen LogP contribution in [0.4, 0.5) is 5.69 Å². The fraction of sp³-hybridized carbons (Fsp3) is 0.615. The molecule has 3 nitrogen and oxygen atoms in total. The number of nitrogens with one attached hydrogen (secondary N) is 1. The Morgan fingerprint density at radius 3 is 2.69 bits per heavy atom. The largest absolute Gasteiger partial charge is 0.372 e. The third-order valence-electron chi connectivity index (χ3n) is 2.63. The Hall–Kier alpha value is -1.09. The van der Waals surface area contributed by atoms with Crippen molar-refractivity contribution in [3.05, 3.63) is 24.0 Å². The molecule has 1 N–H and O–H groups in total. The van der Waals surface area contributed by atoms with Crippen molar-refractivity contribution < 1.29 is 0 Å². The third-order valence-corrected chi connectivity index (χ3v) is 2.63. The molecule has 0 amide bonds. The molecular weight excluding hydrogens is 198 g/mol. The lowest BCUT2D eigenvalue weighted by Crippen LogP contribution is -2.28. The highest BCUT2D eigenvalue weighted by Crippen LogP contribution is 2.11. The van der Waals surface area contributed by atoms with E-state index in [1.807, 2.05) is 6.20 Å². The van der Waals surface area contributed by atoms with E-state index in [4.69, 9.17) is 0 Å². The molecule has 0 bridgehead atoms. The van der Waals surface area contributed by atoms with Crippen molar-refractivity contribution in [1.29, 1.82) is 0 Å². The van der Waals surface area contributed by atoms with E-state index >= 15 is 0 Å². The zero-order valence-electron chi connectivity index (χ0n) is 10.7. The average molecular weight is 221 g/mol. The molecule has 0 atom stereocenters. The summed E-state index contributed by atoms with van der Waals surface area (Å²) in [5, 5.41) is 3.32. The standard InChI is InChI=1S/C13H23N3/c1-4-6-12-7-8-13(11-15-12)16(3)10-9-14-5-2/h7-8,11,14H,4-6,9-10H2,1-3H3. The van der Waals surface area contributed by atoms with Crippen LogP contribution in [0.15, 0.2) is 18.3 Å². The van der Waals surface area contributed by atoms with Gasteiger partial charge in [0.1, 0.15) is 0 Å². The van der Waals surface area contributed by atoms with Crippen molar-refractivity contribution in [1.82, 2.24) is 10.3 Å². The summed E-state index contributed by atoms with van der Waals surface area (Å²) < 4.78 is 0. The number of aromatic nitrogens is 1. The maximum Gasteiger partial charge on any atom is 0.0550 e. The van der Waals surface area contributed by atoms with Gasteiger partial charge in [0.15, 0.2) is 0 Å². The molecule has 0 saturated heterocycles. The van der Waals surface area contributed by atoms with Crippen LogP contribution in [0, 0.1) is 0 Å². The summed E-state index contributed by atoms with van der Waals surface area (Å²) in [6.07, 6.45) is 4.20. The van der Waals surface area contributed by atoms with Gasteiger partial charge in [0.2, 0.25) is 0 Å². The molecule has 0 aliphatic heterocycles. The van der Waals surface area contributed by atoms with E-state index in [0.29, 0.717) is 0 Å². The van der Waals surface area contributed by atoms with Crippen molar-refractivity contribution in [3.63, 3.8) is 0 Å². The maximum atomic E-state index is 4.46. The van der Waals surface area contributed by atoms with Crippen molar-refractivity contribution >= 4 is 5.69 Å². The van der Waals surface area contributed by atoms with E-state index in [0.717, 1.165) is 32.5 Å². The number of anilines is 1. The number of hydrogen-bond donors (Lipinski definition) is 1. The van der Waals surface area contributed by atoms with Crippen LogP contribution in [0.2, 0.25) is 0 Å². The molecule has 0 saturated carbocycles. The highest BCUT2D eigenvalue weighted by molar-refractivity contribution is 5.43. The molecule has 0 aromatic carbocycles. The highest BCUT2D eigenvalue weighted by Gasteiger charge is 2.00. The molecule has 1 rings (SSSR count). The monoisotopic (exact) mass is 221 g/mol. The second kappa shape index (κ2) is 7.23. The number of hydrogen-bond acceptors (Lipinski definition) is 3. The lowest BCUT2D eigenvalue weighted by molar-refractivity contribution is 0.705. The minimum atomic E-state index is 1.02. The molecule has 0 aliphatic rings. The zero-order chi connectivity index (χ0) is 11.8. The summed E-state index contributed by atoms with van der Waals surface area (Å²) >= 11 is 0. The van der Waals surface area contributed by atoms with Crippen molar-refractivity contribution in [3.8, 4) is 0 Å². The Bertz CT molecular complexity index is 282. The van der Waals surface area contributed by atoms with Crippen LogP contribution >= 0.6 is 0 Å². The van der Waals surface area contributed by atoms with E-state index in [-0.39, 0.29) is 0 Å². The van der Waals surface area contributed by atoms with Gasteiger partial charge in [-0.1, -0.05) is 20.3 Å². The first-order valence-electron chi connectivity index (χ1n) is 6.14. The van der Waals surface area contributed by atoms with E-state index < -0.39 is 0 Å². The first-order valence-corrected chi connectivity index (χ1v) is 6.14. The minimum Gasteiger partial charge on any atom is -0.372 e. The predicted molar refractivity (Wildman–Crippen MR) is 70.0 cm³/mol. The van der Waals surface area contributed by atoms with Gasteiger partial charge in [0, 0.05) is 25.8 Å². The molecule has 1 aromatic heterocycles. The lowest BCUT2D eigenvalue weighted by atomic mass is 10.2. The van der Waals surface area contributed by atoms with Crippen LogP contribution in [-0.2, 0) is 6.42 Å². The molecular formula is C13H23N3. The molecule has 0 spiro atoms. The van der Waals surface area contributed by atoms with Crippen molar-refractivity contribution in [2.45, 2.75) is 26.7 Å². The second-order valence-electron chi connectivity index (χ2n) is 4.03. The Morgan fingerprint density at radius 2 is 2.12 bits per heavy atom. The van der Waals surface area contributed by atoms with E-state index in [1.54, 1.807) is 0 Å². The minimum absolute atomic E-state index is 1.02. The SMILES string of the molecule is CCCc1ccc(N(C)CCNCC)cn1. The van der Waals surface area contributed by atoms with E-state index in [9.17, 15) is 0 Å². The first kappa shape index (κ1) is 13.0. The molecule has 0 radical (unpaired) electrons. The second-order valence-corrected chi connectivity index (χ2v) is 4.03. The number of aryl methyl sites for hydroxylation is 1. The van der Waals surface area contributed by atoms with Gasteiger partial charge in [-0.05, 0) is 25.1 Å². The van der Waals surface area contributed by atoms with Crippen LogP contribution in [0.5, 0.6) is 0 Å². The van der Waals surface area contributed by atoms with Crippen molar-refractivity contribution in [2.75, 3.05) is 31.6 Å².